The molecular formula is C47H56Cl2Zr-2. The maximum Gasteiger partial charge on any atom is -0.0126 e. The summed E-state index contributed by atoms with van der Waals surface area (Å²) in [7, 11) is 0. The molecule has 2 aliphatic rings. The fraction of sp³-hybridized carbons (Fsp3) is 0.383. The number of fused-ring (bicyclic) bond motifs is 3. The number of aryl methyl sites for hydroxylation is 2. The summed E-state index contributed by atoms with van der Waals surface area (Å²) in [5.74, 6) is 1.60. The van der Waals surface area contributed by atoms with Gasteiger partial charge in [0.25, 0.3) is 0 Å². The molecule has 0 saturated carbocycles. The van der Waals surface area contributed by atoms with Crippen molar-refractivity contribution in [2.75, 3.05) is 0 Å². The SMILES string of the molecule is CC(C)[C](=[Zr+2])C(C)C.Cc1ccccc1-c1[c-]c2c(cc1C(C)(C)C)-c1cc(C(C)(C)C)c(-c3ccccc3C)cc1C2.[C-]1=CC=CC1.[Cl-].[Cl-]. The van der Waals surface area contributed by atoms with Crippen molar-refractivity contribution in [3.63, 3.8) is 0 Å². The quantitative estimate of drug-likeness (QED) is 0.174. The summed E-state index contributed by atoms with van der Waals surface area (Å²) in [5, 5.41) is 0. The topological polar surface area (TPSA) is 0 Å². The van der Waals surface area contributed by atoms with Gasteiger partial charge in [0.2, 0.25) is 0 Å². The van der Waals surface area contributed by atoms with Gasteiger partial charge in [0, 0.05) is 0 Å². The van der Waals surface area contributed by atoms with Crippen LogP contribution in [0.1, 0.15) is 109 Å². The van der Waals surface area contributed by atoms with Crippen LogP contribution < -0.4 is 24.8 Å². The molecule has 50 heavy (non-hydrogen) atoms. The second-order valence-corrected chi connectivity index (χ2v) is 17.5. The predicted molar refractivity (Wildman–Crippen MR) is 208 cm³/mol. The minimum atomic E-state index is 0. The van der Waals surface area contributed by atoms with Gasteiger partial charge in [-0.15, -0.1) is 35.2 Å². The number of allylic oxidation sites excluding steroid dienone is 4. The molecule has 0 nitrogen and oxygen atoms in total. The number of hydrogen-bond acceptors (Lipinski definition) is 0. The molecule has 0 radical (unpaired) electrons. The fourth-order valence-electron chi connectivity index (χ4n) is 6.58. The van der Waals surface area contributed by atoms with Gasteiger partial charge in [-0.1, -0.05) is 124 Å². The third kappa shape index (κ3) is 10.6. The summed E-state index contributed by atoms with van der Waals surface area (Å²) in [6.45, 7) is 27.5. The summed E-state index contributed by atoms with van der Waals surface area (Å²) in [5.41, 5.74) is 16.3. The Morgan fingerprint density at radius 2 is 1.18 bits per heavy atom. The van der Waals surface area contributed by atoms with Crippen LogP contribution in [0.2, 0.25) is 0 Å². The molecule has 0 amide bonds. The van der Waals surface area contributed by atoms with E-state index >= 15 is 0 Å². The molecule has 0 atom stereocenters. The third-order valence-electron chi connectivity index (χ3n) is 9.36. The molecule has 0 heterocycles. The van der Waals surface area contributed by atoms with E-state index in [1.807, 2.05) is 12.2 Å². The van der Waals surface area contributed by atoms with E-state index in [0.29, 0.717) is 0 Å². The molecule has 3 heteroatoms. The van der Waals surface area contributed by atoms with E-state index < -0.39 is 0 Å². The van der Waals surface area contributed by atoms with Crippen molar-refractivity contribution in [2.24, 2.45) is 11.8 Å². The zero-order chi connectivity index (χ0) is 35.4. The molecule has 2 aliphatic carbocycles. The zero-order valence-electron chi connectivity index (χ0n) is 32.4. The summed E-state index contributed by atoms with van der Waals surface area (Å²) >= 11 is 1.61. The van der Waals surface area contributed by atoms with E-state index in [2.05, 4.69) is 168 Å². The minimum Gasteiger partial charge on any atom is -1.00 e. The van der Waals surface area contributed by atoms with Crippen LogP contribution in [0.5, 0.6) is 0 Å². The molecule has 0 aromatic heterocycles. The predicted octanol–water partition coefficient (Wildman–Crippen LogP) is 6.94. The van der Waals surface area contributed by atoms with Crippen LogP contribution in [0, 0.1) is 37.8 Å². The van der Waals surface area contributed by atoms with E-state index in [1.165, 1.54) is 66.8 Å². The van der Waals surface area contributed by atoms with Crippen LogP contribution in [0.15, 0.2) is 85.0 Å². The molecule has 6 rings (SSSR count). The molecule has 0 spiro atoms. The smallest absolute Gasteiger partial charge is 0.0126 e. The zero-order valence-corrected chi connectivity index (χ0v) is 36.4. The van der Waals surface area contributed by atoms with E-state index in [-0.39, 0.29) is 35.6 Å². The molecular weight excluding hydrogens is 727 g/mol. The van der Waals surface area contributed by atoms with Crippen molar-refractivity contribution in [1.82, 2.24) is 0 Å². The number of hydrogen-bond donors (Lipinski definition) is 0. The van der Waals surface area contributed by atoms with Gasteiger partial charge in [0.1, 0.15) is 0 Å². The Morgan fingerprint density at radius 3 is 1.60 bits per heavy atom. The number of rotatable bonds is 4. The van der Waals surface area contributed by atoms with E-state index in [0.717, 1.165) is 24.7 Å². The first-order valence-electron chi connectivity index (χ1n) is 17.7. The summed E-state index contributed by atoms with van der Waals surface area (Å²) < 4.78 is 1.69. The van der Waals surface area contributed by atoms with Crippen LogP contribution in [-0.2, 0) is 41.5 Å². The molecule has 0 unspecified atom stereocenters. The Hall–Kier alpha value is -2.31. The van der Waals surface area contributed by atoms with Crippen molar-refractivity contribution in [2.45, 2.75) is 107 Å². The standard InChI is InChI=1S/C35H37.C7H14.C5H5.2ClH.Zr/c1-22-13-9-11-15-26(22)30-18-24-17-25-19-31(27-16-12-10-14-23(27)2)33(35(6,7)8)21-29(25)28(24)20-32(30)34(3,4)5;1-6(2)5-7(3)4;1-2-4-5-3-1;;;/h9-16,18,20-21H,17H2,1-8H3;6-7H,1-4H3;1-3H,4H2;2*1H;/q-1;;-1;;;+2/p-2. The van der Waals surface area contributed by atoms with Crippen molar-refractivity contribution in [1.29, 1.82) is 0 Å². The average Bonchev–Trinajstić information content (AvgIpc) is 3.71. The van der Waals surface area contributed by atoms with Crippen molar-refractivity contribution >= 4 is 3.21 Å². The normalized spacial score (nSPS) is 12.6. The Balaban J connectivity index is 0.000000489. The van der Waals surface area contributed by atoms with E-state index in [4.69, 9.17) is 0 Å². The minimum absolute atomic E-state index is 0. The Kier molecular flexibility index (Phi) is 16.2. The molecule has 0 saturated heterocycles. The first kappa shape index (κ1) is 43.9. The van der Waals surface area contributed by atoms with Crippen molar-refractivity contribution < 1.29 is 49.0 Å². The van der Waals surface area contributed by atoms with Crippen LogP contribution in [-0.4, -0.2) is 3.21 Å². The maximum atomic E-state index is 3.93. The van der Waals surface area contributed by atoms with Gasteiger partial charge in [-0.05, 0) is 58.9 Å². The third-order valence-corrected chi connectivity index (χ3v) is 12.2. The van der Waals surface area contributed by atoms with Gasteiger partial charge in [-0.2, -0.15) is 6.08 Å². The number of halogens is 2. The fourth-order valence-corrected chi connectivity index (χ4v) is 6.58. The summed E-state index contributed by atoms with van der Waals surface area (Å²) in [4.78, 5) is 0. The molecule has 0 fully saturated rings. The first-order chi connectivity index (χ1) is 22.5. The van der Waals surface area contributed by atoms with Gasteiger partial charge in [-0.3, -0.25) is 6.08 Å². The van der Waals surface area contributed by atoms with Gasteiger partial charge in [0.15, 0.2) is 0 Å². The average molecular weight is 783 g/mol. The number of benzene rings is 4. The van der Waals surface area contributed by atoms with Crippen LogP contribution in [0.25, 0.3) is 33.4 Å². The largest absolute Gasteiger partial charge is 1.00 e. The first-order valence-corrected chi connectivity index (χ1v) is 18.9. The van der Waals surface area contributed by atoms with Crippen LogP contribution >= 0.6 is 0 Å². The van der Waals surface area contributed by atoms with Crippen molar-refractivity contribution in [3.05, 3.63) is 130 Å². The van der Waals surface area contributed by atoms with Gasteiger partial charge in [-0.25, -0.2) is 12.2 Å². The summed E-state index contributed by atoms with van der Waals surface area (Å²) in [6.07, 6.45) is 10.9. The summed E-state index contributed by atoms with van der Waals surface area (Å²) in [6, 6.07) is 28.9. The van der Waals surface area contributed by atoms with Crippen LogP contribution in [0.4, 0.5) is 0 Å². The Bertz CT molecular complexity index is 1690. The van der Waals surface area contributed by atoms with Crippen LogP contribution in [0.3, 0.4) is 0 Å². The molecule has 0 aliphatic heterocycles. The molecule has 0 N–H and O–H groups in total. The van der Waals surface area contributed by atoms with Gasteiger partial charge in [0.05, 0.1) is 0 Å². The monoisotopic (exact) mass is 780 g/mol. The van der Waals surface area contributed by atoms with Crippen molar-refractivity contribution in [3.8, 4) is 33.4 Å². The second kappa shape index (κ2) is 18.4. The molecule has 4 aromatic carbocycles. The maximum absolute atomic E-state index is 3.93. The molecule has 0 bridgehead atoms. The Labute approximate surface area is 332 Å². The van der Waals surface area contributed by atoms with E-state index in [9.17, 15) is 0 Å². The second-order valence-electron chi connectivity index (χ2n) is 16.1. The molecule has 4 aromatic rings. The van der Waals surface area contributed by atoms with Gasteiger partial charge < -0.3 is 24.8 Å². The van der Waals surface area contributed by atoms with E-state index in [1.54, 1.807) is 27.4 Å². The van der Waals surface area contributed by atoms with Gasteiger partial charge >= 0.3 is 67.0 Å². The molecule has 264 valence electrons. The Morgan fingerprint density at radius 1 is 0.660 bits per heavy atom.